The quantitative estimate of drug-likeness (QED) is 0.275. The van der Waals surface area contributed by atoms with Gasteiger partial charge < -0.3 is 21.1 Å². The number of nitrogen functional groups attached to an aromatic ring is 1. The average molecular weight is 330 g/mol. The first-order valence-electron chi connectivity index (χ1n) is 6.21. The summed E-state index contributed by atoms with van der Waals surface area (Å²) in [5.74, 6) is -2.49. The largest absolute Gasteiger partial charge is 0.506 e. The number of halogens is 2. The Kier molecular flexibility index (Phi) is 8.63. The van der Waals surface area contributed by atoms with Gasteiger partial charge >= 0.3 is 5.69 Å². The first-order valence-corrected chi connectivity index (χ1v) is 6.21. The van der Waals surface area contributed by atoms with E-state index in [2.05, 4.69) is 0 Å². The summed E-state index contributed by atoms with van der Waals surface area (Å²) in [6.07, 6.45) is 0. The van der Waals surface area contributed by atoms with E-state index in [0.717, 1.165) is 12.1 Å². The van der Waals surface area contributed by atoms with Gasteiger partial charge in [-0.05, 0) is 31.2 Å². The summed E-state index contributed by atoms with van der Waals surface area (Å²) in [7, 11) is 0. The number of phenols is 2. The molecule has 5 N–H and O–H groups in total. The Morgan fingerprint density at radius 2 is 1.52 bits per heavy atom. The van der Waals surface area contributed by atoms with Crippen molar-refractivity contribution in [2.75, 3.05) is 12.3 Å². The van der Waals surface area contributed by atoms with Crippen LogP contribution in [0.15, 0.2) is 36.4 Å². The lowest BCUT2D eigenvalue weighted by Crippen LogP contribution is -1.91. The molecule has 126 valence electrons. The van der Waals surface area contributed by atoms with Crippen molar-refractivity contribution < 1.29 is 29.0 Å². The number of nitrogens with zero attached hydrogens (tertiary/aromatic N) is 1. The van der Waals surface area contributed by atoms with Gasteiger partial charge in [0.1, 0.15) is 17.3 Å². The number of hydrogen-bond donors (Lipinski definition) is 4. The molecule has 0 amide bonds. The molecule has 2 aromatic carbocycles. The van der Waals surface area contributed by atoms with E-state index in [0.29, 0.717) is 0 Å². The number of rotatable bonds is 1. The number of benzene rings is 2. The van der Waals surface area contributed by atoms with E-state index in [-0.39, 0.29) is 18.0 Å². The summed E-state index contributed by atoms with van der Waals surface area (Å²) in [4.78, 5) is 9.08. The zero-order valence-electron chi connectivity index (χ0n) is 12.1. The van der Waals surface area contributed by atoms with Crippen LogP contribution in [0.3, 0.4) is 0 Å². The lowest BCUT2D eigenvalue weighted by atomic mass is 10.3. The Morgan fingerprint density at radius 1 is 1.09 bits per heavy atom. The fourth-order valence-electron chi connectivity index (χ4n) is 1.21. The second kappa shape index (κ2) is 9.90. The summed E-state index contributed by atoms with van der Waals surface area (Å²) < 4.78 is 24.8. The Bertz CT molecular complexity index is 613. The zero-order valence-corrected chi connectivity index (χ0v) is 12.1. The average Bonchev–Trinajstić information content (AvgIpc) is 2.45. The number of nitrogens with two attached hydrogens (primary N) is 1. The predicted molar refractivity (Wildman–Crippen MR) is 80.0 cm³/mol. The number of nitro benzene ring substituents is 1. The third kappa shape index (κ3) is 6.57. The van der Waals surface area contributed by atoms with Gasteiger partial charge in [0.15, 0.2) is 5.75 Å². The highest BCUT2D eigenvalue weighted by molar-refractivity contribution is 5.52. The number of para-hydroxylation sites is 2. The second-order valence-corrected chi connectivity index (χ2v) is 3.85. The van der Waals surface area contributed by atoms with E-state index in [1.54, 1.807) is 6.92 Å². The molecule has 0 aliphatic carbocycles. The molecule has 0 spiro atoms. The van der Waals surface area contributed by atoms with Crippen LogP contribution in [0, 0.1) is 21.7 Å². The van der Waals surface area contributed by atoms with Crippen LogP contribution in [-0.2, 0) is 0 Å². The van der Waals surface area contributed by atoms with Gasteiger partial charge in [-0.25, -0.2) is 4.39 Å². The van der Waals surface area contributed by atoms with E-state index >= 15 is 0 Å². The minimum absolute atomic E-state index is 0.197. The smallest absolute Gasteiger partial charge is 0.345 e. The SMILES string of the molecule is CCO.Nc1c(O)cccc1F.O=[N+]([O-])c1c(O)cccc1F. The normalized spacial score (nSPS) is 9.04. The molecule has 0 saturated carbocycles. The van der Waals surface area contributed by atoms with Crippen molar-refractivity contribution in [2.45, 2.75) is 6.92 Å². The molecule has 0 aliphatic heterocycles. The summed E-state index contributed by atoms with van der Waals surface area (Å²) >= 11 is 0. The minimum atomic E-state index is -1.03. The fraction of sp³-hybridized carbons (Fsp3) is 0.143. The van der Waals surface area contributed by atoms with E-state index in [1.807, 2.05) is 0 Å². The molecule has 2 rings (SSSR count). The van der Waals surface area contributed by atoms with Gasteiger partial charge in [-0.1, -0.05) is 12.1 Å². The molecule has 0 fully saturated rings. The number of aliphatic hydroxyl groups excluding tert-OH is 1. The van der Waals surface area contributed by atoms with Gasteiger partial charge in [-0.3, -0.25) is 10.1 Å². The molecular formula is C14H16F2N2O5. The topological polar surface area (TPSA) is 130 Å². The van der Waals surface area contributed by atoms with E-state index in [9.17, 15) is 18.9 Å². The van der Waals surface area contributed by atoms with E-state index in [1.165, 1.54) is 24.3 Å². The number of anilines is 1. The maximum atomic E-state index is 12.5. The standard InChI is InChI=1S/C6H4FNO3.C6H6FNO.C2H6O/c7-4-2-1-3-5(9)6(4)8(10)11;7-4-2-1-3-5(9)6(4)8;1-2-3/h1-3,9H;1-3,9H,8H2;3H,2H2,1H3. The minimum Gasteiger partial charge on any atom is -0.506 e. The predicted octanol–water partition coefficient (Wildman–Crippen LogP) is 2.55. The molecule has 7 nitrogen and oxygen atoms in total. The van der Waals surface area contributed by atoms with Gasteiger partial charge in [0.05, 0.1) is 4.92 Å². The highest BCUT2D eigenvalue weighted by Gasteiger charge is 2.18. The Morgan fingerprint density at radius 3 is 1.83 bits per heavy atom. The molecule has 23 heavy (non-hydrogen) atoms. The third-order valence-corrected chi connectivity index (χ3v) is 2.18. The summed E-state index contributed by atoms with van der Waals surface area (Å²) in [6, 6.07) is 7.07. The first kappa shape index (κ1) is 20.1. The fourth-order valence-corrected chi connectivity index (χ4v) is 1.21. The molecule has 2 aromatic rings. The second-order valence-electron chi connectivity index (χ2n) is 3.85. The first-order chi connectivity index (χ1) is 10.8. The zero-order chi connectivity index (χ0) is 18.0. The Hall–Kier alpha value is -2.94. The summed E-state index contributed by atoms with van der Waals surface area (Å²) in [6.45, 7) is 1.93. The van der Waals surface area contributed by atoms with E-state index in [4.69, 9.17) is 21.1 Å². The molecule has 0 saturated heterocycles. The van der Waals surface area contributed by atoms with Crippen LogP contribution in [0.25, 0.3) is 0 Å². The molecule has 0 heterocycles. The van der Waals surface area contributed by atoms with Gasteiger partial charge in [0.2, 0.25) is 5.82 Å². The van der Waals surface area contributed by atoms with Crippen LogP contribution in [-0.4, -0.2) is 26.8 Å². The number of nitro groups is 1. The molecule has 0 bridgehead atoms. The third-order valence-electron chi connectivity index (χ3n) is 2.18. The van der Waals surface area contributed by atoms with Gasteiger partial charge in [0.25, 0.3) is 0 Å². The van der Waals surface area contributed by atoms with Crippen LogP contribution in [0.1, 0.15) is 6.92 Å². The van der Waals surface area contributed by atoms with Crippen LogP contribution >= 0.6 is 0 Å². The van der Waals surface area contributed by atoms with Crippen molar-refractivity contribution in [3.63, 3.8) is 0 Å². The number of aliphatic hydroxyl groups is 1. The molecule has 0 aliphatic rings. The Labute approximate surface area is 130 Å². The van der Waals surface area contributed by atoms with Crippen molar-refractivity contribution in [1.82, 2.24) is 0 Å². The van der Waals surface area contributed by atoms with Crippen molar-refractivity contribution in [3.8, 4) is 11.5 Å². The molecule has 9 heteroatoms. The highest BCUT2D eigenvalue weighted by atomic mass is 19.1. The van der Waals surface area contributed by atoms with Crippen LogP contribution in [0.4, 0.5) is 20.2 Å². The number of hydrogen-bond acceptors (Lipinski definition) is 6. The van der Waals surface area contributed by atoms with Crippen LogP contribution in [0.5, 0.6) is 11.5 Å². The Balaban J connectivity index is 0.000000365. The van der Waals surface area contributed by atoms with Gasteiger partial charge in [-0.15, -0.1) is 0 Å². The maximum absolute atomic E-state index is 12.5. The maximum Gasteiger partial charge on any atom is 0.345 e. The molecular weight excluding hydrogens is 314 g/mol. The lowest BCUT2D eigenvalue weighted by Gasteiger charge is -1.96. The van der Waals surface area contributed by atoms with Gasteiger partial charge in [-0.2, -0.15) is 4.39 Å². The van der Waals surface area contributed by atoms with Crippen molar-refractivity contribution >= 4 is 11.4 Å². The number of phenolic OH excluding ortho intramolecular Hbond substituents is 2. The van der Waals surface area contributed by atoms with Crippen molar-refractivity contribution in [1.29, 1.82) is 0 Å². The van der Waals surface area contributed by atoms with Crippen LogP contribution in [0.2, 0.25) is 0 Å². The monoisotopic (exact) mass is 330 g/mol. The van der Waals surface area contributed by atoms with Crippen LogP contribution < -0.4 is 5.73 Å². The highest BCUT2D eigenvalue weighted by Crippen LogP contribution is 2.27. The molecule has 0 radical (unpaired) electrons. The summed E-state index contributed by atoms with van der Waals surface area (Å²) in [5.41, 5.74) is 3.98. The van der Waals surface area contributed by atoms with Gasteiger partial charge in [0, 0.05) is 6.61 Å². The molecule has 0 atom stereocenters. The van der Waals surface area contributed by atoms with Crippen molar-refractivity contribution in [2.24, 2.45) is 0 Å². The van der Waals surface area contributed by atoms with Crippen molar-refractivity contribution in [3.05, 3.63) is 58.1 Å². The summed E-state index contributed by atoms with van der Waals surface area (Å²) in [5, 5.41) is 35.1. The molecule has 0 unspecified atom stereocenters. The lowest BCUT2D eigenvalue weighted by molar-refractivity contribution is -0.388. The number of aromatic hydroxyl groups is 2. The molecule has 0 aromatic heterocycles. The van der Waals surface area contributed by atoms with E-state index < -0.39 is 28.0 Å².